The molecule has 0 saturated heterocycles. The lowest BCUT2D eigenvalue weighted by Gasteiger charge is -2.09. The highest BCUT2D eigenvalue weighted by Crippen LogP contribution is 2.26. The Bertz CT molecular complexity index is 1130. The lowest BCUT2D eigenvalue weighted by molar-refractivity contribution is 0.0950. The average molecular weight is 436 g/mol. The molecule has 0 radical (unpaired) electrons. The first kappa shape index (κ1) is 20.3. The van der Waals surface area contributed by atoms with Crippen LogP contribution >= 0.6 is 23.1 Å². The minimum atomic E-state index is -0.204. The van der Waals surface area contributed by atoms with Gasteiger partial charge in [0.05, 0.1) is 5.75 Å². The SMILES string of the molecule is Cc1cc(C)cc(-n2ccnc2SCc2nnc(C(=O)NCc3ccccc3)s2)c1. The van der Waals surface area contributed by atoms with Crippen molar-refractivity contribution in [2.45, 2.75) is 31.3 Å². The smallest absolute Gasteiger partial charge is 0.282 e. The summed E-state index contributed by atoms with van der Waals surface area (Å²) >= 11 is 2.89. The van der Waals surface area contributed by atoms with E-state index in [-0.39, 0.29) is 5.91 Å². The summed E-state index contributed by atoms with van der Waals surface area (Å²) in [5.74, 6) is 0.398. The van der Waals surface area contributed by atoms with Crippen LogP contribution in [0.15, 0.2) is 66.1 Å². The topological polar surface area (TPSA) is 72.7 Å². The molecule has 0 atom stereocenters. The number of nitrogens with zero attached hydrogens (tertiary/aromatic N) is 4. The second kappa shape index (κ2) is 9.23. The summed E-state index contributed by atoms with van der Waals surface area (Å²) in [5, 5.41) is 13.2. The molecule has 4 aromatic rings. The Kier molecular flexibility index (Phi) is 6.25. The second-order valence-electron chi connectivity index (χ2n) is 6.88. The standard InChI is InChI=1S/C22H21N5OS2/c1-15-10-16(2)12-18(11-15)27-9-8-23-22(27)29-14-19-25-26-21(30-19)20(28)24-13-17-6-4-3-5-7-17/h3-12H,13-14H2,1-2H3,(H,24,28). The van der Waals surface area contributed by atoms with Gasteiger partial charge >= 0.3 is 0 Å². The van der Waals surface area contributed by atoms with Gasteiger partial charge in [-0.1, -0.05) is 59.5 Å². The third-order valence-corrected chi connectivity index (χ3v) is 6.46. The maximum atomic E-state index is 12.3. The van der Waals surface area contributed by atoms with Gasteiger partial charge in [0.1, 0.15) is 5.01 Å². The molecule has 0 aliphatic carbocycles. The first-order valence-corrected chi connectivity index (χ1v) is 11.3. The Balaban J connectivity index is 1.38. The monoisotopic (exact) mass is 435 g/mol. The molecule has 0 aliphatic rings. The number of hydrogen-bond donors (Lipinski definition) is 1. The third-order valence-electron chi connectivity index (χ3n) is 4.37. The van der Waals surface area contributed by atoms with Crippen LogP contribution < -0.4 is 5.32 Å². The van der Waals surface area contributed by atoms with Gasteiger partial charge in [-0.05, 0) is 42.7 Å². The molecule has 2 aromatic carbocycles. The van der Waals surface area contributed by atoms with Gasteiger partial charge in [0, 0.05) is 24.6 Å². The fraction of sp³-hybridized carbons (Fsp3) is 0.182. The molecule has 152 valence electrons. The quantitative estimate of drug-likeness (QED) is 0.431. The molecule has 2 aromatic heterocycles. The van der Waals surface area contributed by atoms with Crippen LogP contribution in [0.4, 0.5) is 0 Å². The number of carbonyl (C=O) groups is 1. The van der Waals surface area contributed by atoms with E-state index in [0.29, 0.717) is 17.3 Å². The zero-order valence-corrected chi connectivity index (χ0v) is 18.3. The second-order valence-corrected chi connectivity index (χ2v) is 8.89. The van der Waals surface area contributed by atoms with Gasteiger partial charge in [0.2, 0.25) is 5.01 Å². The number of carbonyl (C=O) groups excluding carboxylic acids is 1. The van der Waals surface area contributed by atoms with Crippen LogP contribution in [0.1, 0.15) is 31.5 Å². The van der Waals surface area contributed by atoms with Gasteiger partial charge in [-0.2, -0.15) is 0 Å². The highest BCUT2D eigenvalue weighted by atomic mass is 32.2. The Labute approximate surface area is 183 Å². The predicted octanol–water partition coefficient (Wildman–Crippen LogP) is 4.56. The third kappa shape index (κ3) is 4.95. The Morgan fingerprint density at radius 1 is 1.10 bits per heavy atom. The van der Waals surface area contributed by atoms with Crippen molar-refractivity contribution in [2.24, 2.45) is 0 Å². The van der Waals surface area contributed by atoms with Gasteiger partial charge in [-0.15, -0.1) is 10.2 Å². The van der Waals surface area contributed by atoms with Crippen molar-refractivity contribution in [3.8, 4) is 5.69 Å². The zero-order chi connectivity index (χ0) is 20.9. The molecule has 4 rings (SSSR count). The molecular formula is C22H21N5OS2. The number of benzene rings is 2. The highest BCUT2D eigenvalue weighted by molar-refractivity contribution is 7.98. The molecule has 0 bridgehead atoms. The zero-order valence-electron chi connectivity index (χ0n) is 16.7. The molecule has 0 fully saturated rings. The maximum absolute atomic E-state index is 12.3. The lowest BCUT2D eigenvalue weighted by Crippen LogP contribution is -2.22. The number of aromatic nitrogens is 4. The van der Waals surface area contributed by atoms with Gasteiger partial charge in [0.15, 0.2) is 5.16 Å². The van der Waals surface area contributed by atoms with Crippen LogP contribution in [0, 0.1) is 13.8 Å². The van der Waals surface area contributed by atoms with Crippen LogP contribution in [0.5, 0.6) is 0 Å². The Hall–Kier alpha value is -2.97. The molecule has 0 unspecified atom stereocenters. The summed E-state index contributed by atoms with van der Waals surface area (Å²) in [7, 11) is 0. The molecule has 1 N–H and O–H groups in total. The number of nitrogens with one attached hydrogen (secondary N) is 1. The first-order valence-electron chi connectivity index (χ1n) is 9.48. The van der Waals surface area contributed by atoms with Gasteiger partial charge in [-0.3, -0.25) is 9.36 Å². The van der Waals surface area contributed by atoms with Crippen molar-refractivity contribution < 1.29 is 4.79 Å². The van der Waals surface area contributed by atoms with Crippen LogP contribution in [0.2, 0.25) is 0 Å². The van der Waals surface area contributed by atoms with Crippen molar-refractivity contribution in [1.29, 1.82) is 0 Å². The van der Waals surface area contributed by atoms with Crippen molar-refractivity contribution in [1.82, 2.24) is 25.1 Å². The van der Waals surface area contributed by atoms with Crippen molar-refractivity contribution in [2.75, 3.05) is 0 Å². The minimum absolute atomic E-state index is 0.204. The molecule has 2 heterocycles. The molecule has 0 aliphatic heterocycles. The summed E-state index contributed by atoms with van der Waals surface area (Å²) < 4.78 is 2.07. The molecule has 0 saturated carbocycles. The van der Waals surface area contributed by atoms with E-state index in [9.17, 15) is 4.79 Å². The molecule has 8 heteroatoms. The Morgan fingerprint density at radius 3 is 2.63 bits per heavy atom. The van der Waals surface area contributed by atoms with Gasteiger partial charge < -0.3 is 5.32 Å². The molecule has 1 amide bonds. The van der Waals surface area contributed by atoms with Crippen molar-refractivity contribution >= 4 is 29.0 Å². The van der Waals surface area contributed by atoms with E-state index in [4.69, 9.17) is 0 Å². The number of thioether (sulfide) groups is 1. The van der Waals surface area contributed by atoms with Crippen molar-refractivity contribution in [3.63, 3.8) is 0 Å². The van der Waals surface area contributed by atoms with E-state index in [1.807, 2.05) is 36.5 Å². The number of amides is 1. The average Bonchev–Trinajstić information content (AvgIpc) is 3.40. The van der Waals surface area contributed by atoms with Crippen molar-refractivity contribution in [3.05, 3.63) is 87.6 Å². The minimum Gasteiger partial charge on any atom is -0.346 e. The van der Waals surface area contributed by atoms with Gasteiger partial charge in [-0.25, -0.2) is 4.98 Å². The number of imidazole rings is 1. The van der Waals surface area contributed by atoms with E-state index in [2.05, 4.69) is 57.1 Å². The van der Waals surface area contributed by atoms with E-state index in [0.717, 1.165) is 21.4 Å². The highest BCUT2D eigenvalue weighted by Gasteiger charge is 2.14. The number of aryl methyl sites for hydroxylation is 2. The van der Waals surface area contributed by atoms with Crippen LogP contribution in [0.3, 0.4) is 0 Å². The predicted molar refractivity (Wildman–Crippen MR) is 120 cm³/mol. The summed E-state index contributed by atoms with van der Waals surface area (Å²) in [6, 6.07) is 16.2. The maximum Gasteiger partial charge on any atom is 0.282 e. The van der Waals surface area contributed by atoms with Crippen LogP contribution in [-0.4, -0.2) is 25.7 Å². The van der Waals surface area contributed by atoms with E-state index >= 15 is 0 Å². The number of rotatable bonds is 7. The molecular weight excluding hydrogens is 414 g/mol. The molecule has 6 nitrogen and oxygen atoms in total. The summed E-state index contributed by atoms with van der Waals surface area (Å²) in [6.07, 6.45) is 3.75. The molecule has 30 heavy (non-hydrogen) atoms. The Morgan fingerprint density at radius 2 is 1.87 bits per heavy atom. The fourth-order valence-corrected chi connectivity index (χ4v) is 4.78. The largest absolute Gasteiger partial charge is 0.346 e. The van der Waals surface area contributed by atoms with E-state index < -0.39 is 0 Å². The summed E-state index contributed by atoms with van der Waals surface area (Å²) in [6.45, 7) is 4.65. The molecule has 0 spiro atoms. The summed E-state index contributed by atoms with van der Waals surface area (Å²) in [4.78, 5) is 16.8. The fourth-order valence-electron chi connectivity index (χ4n) is 3.07. The summed E-state index contributed by atoms with van der Waals surface area (Å²) in [5.41, 5.74) is 4.56. The van der Waals surface area contributed by atoms with E-state index in [1.165, 1.54) is 22.5 Å². The first-order chi connectivity index (χ1) is 14.6. The van der Waals surface area contributed by atoms with E-state index in [1.54, 1.807) is 18.0 Å². The normalized spacial score (nSPS) is 10.9. The van der Waals surface area contributed by atoms with Crippen LogP contribution in [0.25, 0.3) is 5.69 Å². The number of hydrogen-bond acceptors (Lipinski definition) is 6. The lowest BCUT2D eigenvalue weighted by atomic mass is 10.1. The van der Waals surface area contributed by atoms with Gasteiger partial charge in [0.25, 0.3) is 5.91 Å². The van der Waals surface area contributed by atoms with Crippen LogP contribution in [-0.2, 0) is 12.3 Å².